The first-order valence-electron chi connectivity index (χ1n) is 15.0. The van der Waals surface area contributed by atoms with E-state index in [0.29, 0.717) is 12.3 Å². The third-order valence-corrected chi connectivity index (χ3v) is 10.9. The molecule has 0 amide bonds. The minimum Gasteiger partial charge on any atom is -0.377 e. The van der Waals surface area contributed by atoms with Crippen molar-refractivity contribution in [3.8, 4) is 11.8 Å². The van der Waals surface area contributed by atoms with Crippen LogP contribution in [-0.4, -0.2) is 29.6 Å². The number of carbonyl (C=O) groups is 1. The van der Waals surface area contributed by atoms with Crippen molar-refractivity contribution in [1.82, 2.24) is 0 Å². The van der Waals surface area contributed by atoms with Crippen molar-refractivity contribution in [3.63, 3.8) is 0 Å². The molecule has 1 saturated heterocycles. The van der Waals surface area contributed by atoms with Crippen LogP contribution in [0.4, 0.5) is 5.69 Å². The smallest absolute Gasteiger partial charge is 0.156 e. The van der Waals surface area contributed by atoms with Crippen LogP contribution in [0.5, 0.6) is 0 Å². The topological polar surface area (TPSA) is 40.5 Å². The Balaban J connectivity index is 1.49. The van der Waals surface area contributed by atoms with Gasteiger partial charge in [0.25, 0.3) is 0 Å². The summed E-state index contributed by atoms with van der Waals surface area (Å²) in [7, 11) is 0. The molecule has 0 radical (unpaired) electrons. The predicted molar refractivity (Wildman–Crippen MR) is 155 cm³/mol. The SMILES string of the molecule is CC(C)(C)C#C[C@]1(O)CC[C@@H]2[C@]1(C)C[C@H](c1ccc(N3CCCC3)cc1)C1=C3CCC(=O)C=C3CC[C@]12C. The number of rotatable bonds is 2. The molecule has 0 spiro atoms. The number of allylic oxidation sites excluding steroid dienone is 4. The second kappa shape index (κ2) is 8.85. The number of nitrogens with zero attached hydrogens (tertiary/aromatic N) is 1. The highest BCUT2D eigenvalue weighted by Gasteiger charge is 2.66. The van der Waals surface area contributed by atoms with E-state index in [1.54, 1.807) is 5.57 Å². The quantitative estimate of drug-likeness (QED) is 0.422. The van der Waals surface area contributed by atoms with Crippen LogP contribution in [0.25, 0.3) is 0 Å². The molecule has 3 fully saturated rings. The van der Waals surface area contributed by atoms with Gasteiger partial charge in [-0.1, -0.05) is 43.4 Å². The number of anilines is 1. The molecule has 1 N–H and O–H groups in total. The van der Waals surface area contributed by atoms with Gasteiger partial charge < -0.3 is 10.0 Å². The molecule has 5 aliphatic rings. The number of fused-ring (bicyclic) bond motifs is 4. The Kier molecular flexibility index (Phi) is 6.04. The summed E-state index contributed by atoms with van der Waals surface area (Å²) < 4.78 is 0. The summed E-state index contributed by atoms with van der Waals surface area (Å²) in [4.78, 5) is 14.9. The van der Waals surface area contributed by atoms with Crippen LogP contribution < -0.4 is 4.90 Å². The highest BCUT2D eigenvalue weighted by molar-refractivity contribution is 5.93. The maximum atomic E-state index is 12.4. The van der Waals surface area contributed by atoms with Crippen LogP contribution in [0, 0.1) is 34.0 Å². The van der Waals surface area contributed by atoms with Gasteiger partial charge in [0, 0.05) is 41.9 Å². The second-order valence-corrected chi connectivity index (χ2v) is 14.4. The third kappa shape index (κ3) is 4.02. The molecule has 0 bridgehead atoms. The zero-order chi connectivity index (χ0) is 26.9. The Bertz CT molecular complexity index is 1260. The van der Waals surface area contributed by atoms with E-state index < -0.39 is 5.60 Å². The normalized spacial score (nSPS) is 36.7. The molecule has 1 aromatic rings. The van der Waals surface area contributed by atoms with Gasteiger partial charge in [-0.15, -0.1) is 0 Å². The average Bonchev–Trinajstić information content (AvgIpc) is 3.49. The summed E-state index contributed by atoms with van der Waals surface area (Å²) in [5.74, 6) is 7.79. The highest BCUT2D eigenvalue weighted by atomic mass is 16.3. The minimum atomic E-state index is -0.976. The van der Waals surface area contributed by atoms with E-state index in [1.165, 1.54) is 35.2 Å². The largest absolute Gasteiger partial charge is 0.377 e. The molecule has 6 rings (SSSR count). The van der Waals surface area contributed by atoms with Gasteiger partial charge in [0.1, 0.15) is 5.60 Å². The third-order valence-electron chi connectivity index (χ3n) is 10.9. The lowest BCUT2D eigenvalue weighted by Gasteiger charge is -2.59. The molecule has 4 aliphatic carbocycles. The summed E-state index contributed by atoms with van der Waals surface area (Å²) in [6.07, 6.45) is 10.7. The van der Waals surface area contributed by atoms with Crippen LogP contribution in [-0.2, 0) is 4.79 Å². The lowest BCUT2D eigenvalue weighted by Crippen LogP contribution is -2.54. The fourth-order valence-electron chi connectivity index (χ4n) is 8.91. The maximum absolute atomic E-state index is 12.4. The summed E-state index contributed by atoms with van der Waals surface area (Å²) in [6, 6.07) is 9.36. The van der Waals surface area contributed by atoms with Gasteiger partial charge in [-0.25, -0.2) is 0 Å². The molecule has 5 atom stereocenters. The van der Waals surface area contributed by atoms with Crippen molar-refractivity contribution in [3.05, 3.63) is 52.6 Å². The van der Waals surface area contributed by atoms with Crippen molar-refractivity contribution >= 4 is 11.5 Å². The molecule has 1 aliphatic heterocycles. The van der Waals surface area contributed by atoms with Crippen molar-refractivity contribution in [2.75, 3.05) is 18.0 Å². The molecular formula is C35H45NO2. The Morgan fingerprint density at radius 2 is 1.71 bits per heavy atom. The van der Waals surface area contributed by atoms with Gasteiger partial charge in [0.05, 0.1) is 0 Å². The van der Waals surface area contributed by atoms with Crippen molar-refractivity contribution < 1.29 is 9.90 Å². The van der Waals surface area contributed by atoms with Crippen LogP contribution >= 0.6 is 0 Å². The van der Waals surface area contributed by atoms with Crippen LogP contribution in [0.15, 0.2) is 47.1 Å². The first kappa shape index (κ1) is 25.9. The van der Waals surface area contributed by atoms with Gasteiger partial charge in [-0.2, -0.15) is 0 Å². The summed E-state index contributed by atoms with van der Waals surface area (Å²) >= 11 is 0. The lowest BCUT2D eigenvalue weighted by molar-refractivity contribution is -0.114. The van der Waals surface area contributed by atoms with Gasteiger partial charge in [-0.3, -0.25) is 4.79 Å². The van der Waals surface area contributed by atoms with E-state index in [-0.39, 0.29) is 27.9 Å². The average molecular weight is 512 g/mol. The van der Waals surface area contributed by atoms with Crippen molar-refractivity contribution in [2.24, 2.45) is 22.2 Å². The molecule has 2 saturated carbocycles. The summed E-state index contributed by atoms with van der Waals surface area (Å²) in [5, 5.41) is 12.3. The van der Waals surface area contributed by atoms with Gasteiger partial charge in [0.2, 0.25) is 0 Å². The lowest BCUT2D eigenvalue weighted by atomic mass is 9.45. The Labute approximate surface area is 229 Å². The van der Waals surface area contributed by atoms with Gasteiger partial charge >= 0.3 is 0 Å². The maximum Gasteiger partial charge on any atom is 0.156 e. The number of hydrogen-bond acceptors (Lipinski definition) is 3. The van der Waals surface area contributed by atoms with Gasteiger partial charge in [-0.05, 0) is 118 Å². The van der Waals surface area contributed by atoms with E-state index >= 15 is 0 Å². The van der Waals surface area contributed by atoms with Crippen LogP contribution in [0.1, 0.15) is 104 Å². The van der Waals surface area contributed by atoms with Crippen LogP contribution in [0.2, 0.25) is 0 Å². The van der Waals surface area contributed by atoms with E-state index in [1.807, 2.05) is 6.08 Å². The molecule has 0 aromatic heterocycles. The van der Waals surface area contributed by atoms with E-state index in [9.17, 15) is 9.90 Å². The summed E-state index contributed by atoms with van der Waals surface area (Å²) in [5.41, 5.74) is 5.62. The number of aliphatic hydroxyl groups is 1. The summed E-state index contributed by atoms with van der Waals surface area (Å²) in [6.45, 7) is 13.5. The minimum absolute atomic E-state index is 0.00619. The molecule has 0 unspecified atom stereocenters. The molecular weight excluding hydrogens is 466 g/mol. The fourth-order valence-corrected chi connectivity index (χ4v) is 8.91. The zero-order valence-corrected chi connectivity index (χ0v) is 24.1. The van der Waals surface area contributed by atoms with Crippen molar-refractivity contribution in [2.45, 2.75) is 104 Å². The molecule has 1 aromatic carbocycles. The molecule has 38 heavy (non-hydrogen) atoms. The first-order valence-corrected chi connectivity index (χ1v) is 15.0. The number of hydrogen-bond donors (Lipinski definition) is 1. The monoisotopic (exact) mass is 511 g/mol. The van der Waals surface area contributed by atoms with Crippen LogP contribution in [0.3, 0.4) is 0 Å². The standard InChI is InChI=1S/C35H45NO2/c1-32(2,3)18-19-35(38)17-15-30-33(4)16-14-25-22-27(37)12-13-28(25)31(33)29(23-34(30,35)5)24-8-10-26(11-9-24)36-20-6-7-21-36/h8-11,22,29-30,38H,6-7,12-17,20-21,23H2,1-5H3/t29-,30+,33+,34+,35-/m1/s1. The number of carbonyl (C=O) groups excluding carboxylic acids is 1. The van der Waals surface area contributed by atoms with E-state index in [2.05, 4.69) is 75.6 Å². The fraction of sp³-hybridized carbons (Fsp3) is 0.629. The molecule has 3 nitrogen and oxygen atoms in total. The van der Waals surface area contributed by atoms with Crippen molar-refractivity contribution in [1.29, 1.82) is 0 Å². The van der Waals surface area contributed by atoms with Gasteiger partial charge in [0.15, 0.2) is 5.78 Å². The van der Waals surface area contributed by atoms with E-state index in [0.717, 1.165) is 51.6 Å². The second-order valence-electron chi connectivity index (χ2n) is 14.4. The Hall–Kier alpha value is -2.31. The number of benzene rings is 1. The molecule has 3 heteroatoms. The van der Waals surface area contributed by atoms with E-state index in [4.69, 9.17) is 0 Å². The molecule has 202 valence electrons. The zero-order valence-electron chi connectivity index (χ0n) is 24.1. The first-order chi connectivity index (χ1) is 17.9. The highest BCUT2D eigenvalue weighted by Crippen LogP contribution is 2.71. The molecule has 1 heterocycles. The Morgan fingerprint density at radius 3 is 2.39 bits per heavy atom. The number of ketones is 1. The Morgan fingerprint density at radius 1 is 1.00 bits per heavy atom. The predicted octanol–water partition coefficient (Wildman–Crippen LogP) is 7.36.